The van der Waals surface area contributed by atoms with Crippen LogP contribution in [0.25, 0.3) is 0 Å². The van der Waals surface area contributed by atoms with Crippen molar-refractivity contribution in [3.8, 4) is 0 Å². The quantitative estimate of drug-likeness (QED) is 0.819. The Morgan fingerprint density at radius 2 is 1.94 bits per heavy atom. The largest absolute Gasteiger partial charge is 0.327 e. The third-order valence-electron chi connectivity index (χ3n) is 5.11. The van der Waals surface area contributed by atoms with Gasteiger partial charge in [0.2, 0.25) is 0 Å². The van der Waals surface area contributed by atoms with Gasteiger partial charge in [0.1, 0.15) is 0 Å². The summed E-state index contributed by atoms with van der Waals surface area (Å²) < 4.78 is 0. The molecule has 5 atom stereocenters. The Bertz CT molecular complexity index is 241. The molecule has 1 saturated carbocycles. The van der Waals surface area contributed by atoms with E-state index in [0.717, 1.165) is 23.8 Å². The summed E-state index contributed by atoms with van der Waals surface area (Å²) in [6.45, 7) is 9.64. The molecule has 1 aliphatic carbocycles. The topological polar surface area (TPSA) is 29.3 Å². The van der Waals surface area contributed by atoms with E-state index in [1.165, 1.54) is 45.2 Å². The Hall–Kier alpha value is -0.0800. The minimum Gasteiger partial charge on any atom is -0.327 e. The van der Waals surface area contributed by atoms with E-state index in [0.29, 0.717) is 6.04 Å². The number of hydrogen-bond donors (Lipinski definition) is 1. The molecule has 0 amide bonds. The van der Waals surface area contributed by atoms with Crippen molar-refractivity contribution in [2.75, 3.05) is 13.1 Å². The predicted molar refractivity (Wildman–Crippen MR) is 73.9 cm³/mol. The van der Waals surface area contributed by atoms with Crippen molar-refractivity contribution in [1.82, 2.24) is 4.90 Å². The first-order valence-electron chi connectivity index (χ1n) is 7.59. The maximum atomic E-state index is 6.33. The average molecular weight is 238 g/mol. The van der Waals surface area contributed by atoms with E-state index in [1.54, 1.807) is 0 Å². The fraction of sp³-hybridized carbons (Fsp3) is 1.00. The molecule has 0 radical (unpaired) electrons. The van der Waals surface area contributed by atoms with Crippen molar-refractivity contribution in [2.24, 2.45) is 23.5 Å². The number of nitrogens with zero attached hydrogens (tertiary/aromatic N) is 1. The minimum absolute atomic E-state index is 0.459. The molecule has 2 heteroatoms. The zero-order valence-electron chi connectivity index (χ0n) is 11.9. The zero-order chi connectivity index (χ0) is 12.4. The van der Waals surface area contributed by atoms with E-state index in [4.69, 9.17) is 5.73 Å². The van der Waals surface area contributed by atoms with Crippen LogP contribution in [0.3, 0.4) is 0 Å². The first-order valence-corrected chi connectivity index (χ1v) is 7.59. The molecule has 2 fully saturated rings. The van der Waals surface area contributed by atoms with Gasteiger partial charge in [-0.2, -0.15) is 0 Å². The van der Waals surface area contributed by atoms with E-state index in [-0.39, 0.29) is 0 Å². The third-order valence-corrected chi connectivity index (χ3v) is 5.11. The van der Waals surface area contributed by atoms with Crippen molar-refractivity contribution >= 4 is 0 Å². The summed E-state index contributed by atoms with van der Waals surface area (Å²) in [5, 5.41) is 0. The van der Waals surface area contributed by atoms with E-state index < -0.39 is 0 Å². The van der Waals surface area contributed by atoms with Crippen LogP contribution in [0.15, 0.2) is 0 Å². The Kier molecular flexibility index (Phi) is 4.48. The Morgan fingerprint density at radius 3 is 2.53 bits per heavy atom. The van der Waals surface area contributed by atoms with Crippen molar-refractivity contribution in [2.45, 2.75) is 65.0 Å². The van der Waals surface area contributed by atoms with Gasteiger partial charge in [-0.25, -0.2) is 0 Å². The van der Waals surface area contributed by atoms with Crippen LogP contribution in [0.5, 0.6) is 0 Å². The van der Waals surface area contributed by atoms with Crippen LogP contribution in [0.1, 0.15) is 52.9 Å². The summed E-state index contributed by atoms with van der Waals surface area (Å²) in [5.41, 5.74) is 6.33. The van der Waals surface area contributed by atoms with Gasteiger partial charge < -0.3 is 10.6 Å². The highest BCUT2D eigenvalue weighted by Gasteiger charge is 2.33. The normalized spacial score (nSPS) is 44.1. The van der Waals surface area contributed by atoms with Crippen LogP contribution in [0.2, 0.25) is 0 Å². The van der Waals surface area contributed by atoms with Crippen LogP contribution in [-0.4, -0.2) is 30.1 Å². The number of rotatable bonds is 3. The SMILES string of the molecule is CCC1CCC(N)C(CN2CC(C)CC2C)C1. The Labute approximate surface area is 107 Å². The maximum absolute atomic E-state index is 6.33. The van der Waals surface area contributed by atoms with E-state index in [1.807, 2.05) is 0 Å². The summed E-state index contributed by atoms with van der Waals surface area (Å²) in [5.74, 6) is 2.57. The molecule has 2 nitrogen and oxygen atoms in total. The van der Waals surface area contributed by atoms with Gasteiger partial charge in [0.15, 0.2) is 0 Å². The summed E-state index contributed by atoms with van der Waals surface area (Å²) in [4.78, 5) is 2.69. The summed E-state index contributed by atoms with van der Waals surface area (Å²) in [6, 6.07) is 1.24. The molecule has 0 aromatic carbocycles. The third kappa shape index (κ3) is 3.23. The molecular weight excluding hydrogens is 208 g/mol. The van der Waals surface area contributed by atoms with Crippen LogP contribution in [0, 0.1) is 17.8 Å². The summed E-state index contributed by atoms with van der Waals surface area (Å²) in [6.07, 6.45) is 6.70. The van der Waals surface area contributed by atoms with Gasteiger partial charge >= 0.3 is 0 Å². The van der Waals surface area contributed by atoms with E-state index in [9.17, 15) is 0 Å². The Morgan fingerprint density at radius 1 is 1.18 bits per heavy atom. The fourth-order valence-corrected chi connectivity index (χ4v) is 3.91. The van der Waals surface area contributed by atoms with E-state index in [2.05, 4.69) is 25.7 Å². The lowest BCUT2D eigenvalue weighted by Crippen LogP contribution is -2.44. The predicted octanol–water partition coefficient (Wildman–Crippen LogP) is 2.87. The number of nitrogens with two attached hydrogens (primary N) is 1. The maximum Gasteiger partial charge on any atom is 0.00795 e. The molecule has 2 aliphatic rings. The number of likely N-dealkylation sites (tertiary alicyclic amines) is 1. The monoisotopic (exact) mass is 238 g/mol. The molecule has 5 unspecified atom stereocenters. The molecule has 0 aromatic heterocycles. The van der Waals surface area contributed by atoms with Crippen LogP contribution < -0.4 is 5.73 Å². The molecular formula is C15H30N2. The van der Waals surface area contributed by atoms with E-state index >= 15 is 0 Å². The fourth-order valence-electron chi connectivity index (χ4n) is 3.91. The van der Waals surface area contributed by atoms with Crippen LogP contribution in [-0.2, 0) is 0 Å². The molecule has 1 aliphatic heterocycles. The lowest BCUT2D eigenvalue weighted by Gasteiger charge is -2.37. The molecule has 0 spiro atoms. The lowest BCUT2D eigenvalue weighted by atomic mass is 9.77. The highest BCUT2D eigenvalue weighted by Crippen LogP contribution is 2.33. The highest BCUT2D eigenvalue weighted by atomic mass is 15.2. The van der Waals surface area contributed by atoms with Gasteiger partial charge in [-0.05, 0) is 50.4 Å². The van der Waals surface area contributed by atoms with Gasteiger partial charge in [-0.15, -0.1) is 0 Å². The van der Waals surface area contributed by atoms with Gasteiger partial charge in [0.25, 0.3) is 0 Å². The minimum atomic E-state index is 0.459. The molecule has 100 valence electrons. The van der Waals surface area contributed by atoms with Crippen molar-refractivity contribution < 1.29 is 0 Å². The molecule has 0 aromatic rings. The molecule has 2 rings (SSSR count). The Balaban J connectivity index is 1.88. The zero-order valence-corrected chi connectivity index (χ0v) is 11.9. The second kappa shape index (κ2) is 5.71. The first-order chi connectivity index (χ1) is 8.10. The molecule has 0 bridgehead atoms. The highest BCUT2D eigenvalue weighted by molar-refractivity contribution is 4.88. The average Bonchev–Trinajstić information content (AvgIpc) is 2.60. The second-order valence-electron chi connectivity index (χ2n) is 6.66. The molecule has 1 heterocycles. The second-order valence-corrected chi connectivity index (χ2v) is 6.66. The van der Waals surface area contributed by atoms with Crippen LogP contribution >= 0.6 is 0 Å². The smallest absolute Gasteiger partial charge is 0.00795 e. The van der Waals surface area contributed by atoms with Gasteiger partial charge in [0.05, 0.1) is 0 Å². The molecule has 17 heavy (non-hydrogen) atoms. The van der Waals surface area contributed by atoms with Crippen LogP contribution in [0.4, 0.5) is 0 Å². The van der Waals surface area contributed by atoms with Gasteiger partial charge in [-0.3, -0.25) is 0 Å². The molecule has 1 saturated heterocycles. The summed E-state index contributed by atoms with van der Waals surface area (Å²) in [7, 11) is 0. The lowest BCUT2D eigenvalue weighted by molar-refractivity contribution is 0.149. The van der Waals surface area contributed by atoms with Crippen molar-refractivity contribution in [3.05, 3.63) is 0 Å². The standard InChI is InChI=1S/C15H30N2/c1-4-13-5-6-15(16)14(8-13)10-17-9-11(2)7-12(17)3/h11-15H,4-10,16H2,1-3H3. The van der Waals surface area contributed by atoms with Gasteiger partial charge in [0, 0.05) is 25.2 Å². The van der Waals surface area contributed by atoms with Crippen molar-refractivity contribution in [3.63, 3.8) is 0 Å². The summed E-state index contributed by atoms with van der Waals surface area (Å²) >= 11 is 0. The number of hydrogen-bond acceptors (Lipinski definition) is 2. The first kappa shape index (κ1) is 13.4. The van der Waals surface area contributed by atoms with Crippen molar-refractivity contribution in [1.29, 1.82) is 0 Å². The van der Waals surface area contributed by atoms with Gasteiger partial charge in [-0.1, -0.05) is 20.3 Å². The molecule has 2 N–H and O–H groups in total.